The van der Waals surface area contributed by atoms with E-state index in [1.54, 1.807) is 0 Å². The van der Waals surface area contributed by atoms with Crippen LogP contribution in [0.2, 0.25) is 21.2 Å². The summed E-state index contributed by atoms with van der Waals surface area (Å²) in [7, 11) is 0. The van der Waals surface area contributed by atoms with Gasteiger partial charge in [-0.05, 0) is 0 Å². The molecule has 0 aliphatic heterocycles. The van der Waals surface area contributed by atoms with E-state index in [1.165, 1.54) is 0 Å². The predicted octanol–water partition coefficient (Wildman–Crippen LogP) is 10.1. The number of rotatable bonds is 0. The topological polar surface area (TPSA) is 525 Å². The molecule has 0 rings (SSSR count). The van der Waals surface area contributed by atoms with Crippen LogP contribution in [0.3, 0.4) is 0 Å². The van der Waals surface area contributed by atoms with Gasteiger partial charge in [-0.25, -0.2) is 0 Å². The van der Waals surface area contributed by atoms with E-state index in [1.807, 2.05) is 0 Å². The molecule has 0 saturated heterocycles. The summed E-state index contributed by atoms with van der Waals surface area (Å²) in [5.41, 5.74) is 0. The fraction of sp³-hybridized carbons (Fsp3) is 1.00. The Morgan fingerprint density at radius 1 is 0.148 bits per heavy atom. The zero-order chi connectivity index (χ0) is 30.0. The molecule has 27 heavy (non-hydrogen) atoms. The van der Waals surface area contributed by atoms with Gasteiger partial charge in [-0.1, -0.05) is 89.1 Å². The van der Waals surface area contributed by atoms with E-state index in [0.717, 1.165) is 0 Å². The average Bonchev–Trinajstić information content (AvgIpc) is 3.00. The van der Waals surface area contributed by atoms with E-state index in [4.69, 9.17) is 21.2 Å². The van der Waals surface area contributed by atoms with Crippen LogP contribution in [-0.2, 0) is 0 Å². The molecule has 0 atom stereocenters. The number of hydrogen-bond donors (Lipinski definition) is 15. The second kappa shape index (κ2) is 42000. The largest absolute Gasteiger partial charge is 0.344 e. The third-order valence-corrected chi connectivity index (χ3v) is 0. The van der Waals surface area contributed by atoms with Crippen molar-refractivity contribution in [3.63, 3.8) is 0 Å². The quantitative estimate of drug-likeness (QED) is 0.159. The molecule has 45 N–H and O–H groups in total. The van der Waals surface area contributed by atoms with E-state index in [-0.39, 0.29) is 89.1 Å². The van der Waals surface area contributed by atoms with Gasteiger partial charge in [0.2, 0.25) is 0 Å². The zero-order valence-electron chi connectivity index (χ0n) is 23.7. The summed E-state index contributed by atoms with van der Waals surface area (Å²) in [5, 5.41) is 0. The van der Waals surface area contributed by atoms with Crippen molar-refractivity contribution in [2.45, 2.75) is 89.1 Å². The van der Waals surface area contributed by atoms with Crippen LogP contribution >= 0.6 is 0 Å². The molecule has 0 radical (unpaired) electrons. The molecule has 0 saturated carbocycles. The van der Waals surface area contributed by atoms with Crippen molar-refractivity contribution in [2.24, 2.45) is 0 Å². The first-order valence-electron chi connectivity index (χ1n) is 8.66. The molecule has 0 amide bonds. The molecular weight excluding hydrogens is 354 g/mol. The van der Waals surface area contributed by atoms with Gasteiger partial charge in [0.1, 0.15) is 21.2 Å². The Hall–Kier alpha value is -0.600. The third-order valence-electron chi connectivity index (χ3n) is 0. The summed E-state index contributed by atoms with van der Waals surface area (Å²) in [4.78, 5) is 0. The van der Waals surface area contributed by atoms with Crippen LogP contribution in [0.25, 0.3) is 0 Å². The van der Waals surface area contributed by atoms with Crippen LogP contribution < -0.4 is 92.2 Å². The first kappa shape index (κ1) is 82.1. The maximum Gasteiger partial charge on any atom is 0.115 e. The molecule has 15 heteroatoms. The highest BCUT2D eigenvalue weighted by Crippen LogP contribution is 0.155. The van der Waals surface area contributed by atoms with E-state index < -0.39 is 0 Å². The van der Waals surface area contributed by atoms with Gasteiger partial charge in [-0.3, -0.25) is 0 Å². The summed E-state index contributed by atoms with van der Waals surface area (Å²) in [5.74, 6) is 0. The summed E-state index contributed by atoms with van der Waals surface area (Å²) < 4.78 is 78.8. The SMILES string of the molecule is C.C.C.C.C.C.C.C.C.C.C.C.[2H]N.[2H]N.[2H]N.[2H]N.[2H]N.[2H]N.[2H]N.[2H]N.[2H]N.[2H]N.[2H]N.[2H]N.[2H]N.[2H]N.[2H]N. The second-order valence-corrected chi connectivity index (χ2v) is 0. The Kier molecular flexibility index (Phi) is 128000. The molecule has 0 aliphatic rings. The highest BCUT2D eigenvalue weighted by Gasteiger charge is -0.0659. The van der Waals surface area contributed by atoms with Crippen LogP contribution in [0.1, 0.15) is 89.1 Å². The Balaban J connectivity index is -0.00000000225. The van der Waals surface area contributed by atoms with E-state index in [2.05, 4.69) is 92.2 Å². The van der Waals surface area contributed by atoms with Gasteiger partial charge in [0, 0.05) is 0 Å². The summed E-state index contributed by atoms with van der Waals surface area (Å²) in [6.07, 6.45) is 56.2. The Labute approximate surface area is 204 Å². The predicted molar refractivity (Wildman–Crippen MR) is 156 cm³/mol. The first-order valence-corrected chi connectivity index (χ1v) is 0. The number of hydrogen-bond acceptors (Lipinski definition) is 15. The molecule has 15 nitrogen and oxygen atoms in total. The van der Waals surface area contributed by atoms with Gasteiger partial charge < -0.3 is 92.2 Å². The van der Waals surface area contributed by atoms with Crippen LogP contribution in [0, 0.1) is 0 Å². The summed E-state index contributed by atoms with van der Waals surface area (Å²) in [6.45, 7) is 0. The maximum atomic E-state index is 5.25. The highest BCUT2D eigenvalue weighted by atomic mass is 14.0. The van der Waals surface area contributed by atoms with Crippen LogP contribution in [0.5, 0.6) is 0 Å². The minimum absolute atomic E-state index is 0. The standard InChI is InChI=1S/12CH4.15H3N/h12*1H4;15*1H3/i/hD15. The molecule has 0 aromatic carbocycles. The Bertz CT molecular complexity index is 66.3. The first-order chi connectivity index (χ1) is 15.0. The highest BCUT2D eigenvalue weighted by molar-refractivity contribution is 2.51. The molecule has 216 valence electrons. The fourth-order valence-corrected chi connectivity index (χ4v) is 0. The van der Waals surface area contributed by atoms with Crippen molar-refractivity contribution in [3.8, 4) is 0 Å². The fourth-order valence-electron chi connectivity index (χ4n) is 0. The second-order valence-electron chi connectivity index (χ2n) is 0. The van der Waals surface area contributed by atoms with Crippen molar-refractivity contribution < 1.29 is 21.2 Å². The lowest BCUT2D eigenvalue weighted by molar-refractivity contribution is 2.13. The summed E-state index contributed by atoms with van der Waals surface area (Å²) >= 11 is 0. The van der Waals surface area contributed by atoms with E-state index >= 15 is 0 Å². The van der Waals surface area contributed by atoms with Crippen molar-refractivity contribution in [1.29, 1.82) is 0 Å². The Morgan fingerprint density at radius 3 is 0.148 bits per heavy atom. The molecule has 0 unspecified atom stereocenters. The van der Waals surface area contributed by atoms with Crippen LogP contribution in [0.4, 0.5) is 0 Å². The van der Waals surface area contributed by atoms with Gasteiger partial charge in [0.05, 0.1) is 0 Å². The van der Waals surface area contributed by atoms with Gasteiger partial charge in [0.15, 0.2) is 0 Å². The monoisotopic (exact) mass is 463 g/mol. The third kappa shape index (κ3) is 38600. The molecule has 0 aromatic rings. The lowest BCUT2D eigenvalue weighted by Gasteiger charge is -0.345. The van der Waals surface area contributed by atoms with Crippen molar-refractivity contribution in [2.75, 3.05) is 0 Å². The Morgan fingerprint density at radius 2 is 0.148 bits per heavy atom. The molecule has 0 heterocycles. The van der Waals surface area contributed by atoms with Crippen LogP contribution in [0.15, 0.2) is 0 Å². The minimum Gasteiger partial charge on any atom is -0.344 e. The lowest BCUT2D eigenvalue weighted by atomic mass is 12.0. The molecule has 0 aromatic heterocycles. The maximum absolute atomic E-state index is 5.25. The smallest absolute Gasteiger partial charge is 0.115 e. The van der Waals surface area contributed by atoms with Gasteiger partial charge in [-0.2, -0.15) is 0 Å². The van der Waals surface area contributed by atoms with E-state index in [0.29, 0.717) is 0 Å². The van der Waals surface area contributed by atoms with Gasteiger partial charge in [0.25, 0.3) is 0 Å². The van der Waals surface area contributed by atoms with E-state index in [9.17, 15) is 0 Å². The van der Waals surface area contributed by atoms with Crippen molar-refractivity contribution in [3.05, 3.63) is 0 Å². The molecule has 0 bridgehead atoms. The molecule has 0 fully saturated rings. The van der Waals surface area contributed by atoms with Crippen molar-refractivity contribution in [1.82, 2.24) is 92.2 Å². The normalized spacial score (nSPS) is 3.89. The zero-order valence-corrected chi connectivity index (χ0v) is 8.66. The molecule has 0 aliphatic carbocycles. The lowest BCUT2D eigenvalue weighted by Crippen LogP contribution is -0.482. The summed E-state index contributed by atoms with van der Waals surface area (Å²) in [6, 6.07) is 0. The van der Waals surface area contributed by atoms with Gasteiger partial charge >= 0.3 is 0 Å². The molecule has 0 spiro atoms. The minimum atomic E-state index is 0. The van der Waals surface area contributed by atoms with Crippen LogP contribution in [-0.4, -0.2) is 0 Å². The van der Waals surface area contributed by atoms with Crippen molar-refractivity contribution >= 4 is 0 Å². The molecular formula is C12H93N15. The van der Waals surface area contributed by atoms with Gasteiger partial charge in [-0.15, -0.1) is 0 Å². The average molecular weight is 463 g/mol.